The summed E-state index contributed by atoms with van der Waals surface area (Å²) in [6.45, 7) is 0. The van der Waals surface area contributed by atoms with Gasteiger partial charge in [-0.2, -0.15) is 0 Å². The smallest absolute Gasteiger partial charge is 0.0568 e. The van der Waals surface area contributed by atoms with Gasteiger partial charge in [-0.1, -0.05) is 12.8 Å². The maximum absolute atomic E-state index is 5.62. The first-order valence-electron chi connectivity index (χ1n) is 3.84. The van der Waals surface area contributed by atoms with Gasteiger partial charge < -0.3 is 5.73 Å². The summed E-state index contributed by atoms with van der Waals surface area (Å²) in [5.41, 5.74) is 6.14. The van der Waals surface area contributed by atoms with Gasteiger partial charge in [-0.3, -0.25) is 5.32 Å². The largest absolute Gasteiger partial charge is 0.316 e. The summed E-state index contributed by atoms with van der Waals surface area (Å²) in [6, 6.07) is 0. The number of nitrogens with one attached hydrogen (secondary N) is 1. The van der Waals surface area contributed by atoms with E-state index in [1.165, 1.54) is 32.1 Å². The van der Waals surface area contributed by atoms with Crippen LogP contribution in [0, 0.1) is 0 Å². The zero-order chi connectivity index (χ0) is 6.32. The van der Waals surface area contributed by atoms with E-state index in [4.69, 9.17) is 5.73 Å². The zero-order valence-corrected chi connectivity index (χ0v) is 5.69. The highest BCUT2D eigenvalue weighted by atomic mass is 15.2. The molecule has 1 heterocycles. The van der Waals surface area contributed by atoms with Crippen LogP contribution in [-0.4, -0.2) is 11.7 Å². The molecular weight excluding hydrogens is 112 g/mol. The highest BCUT2D eigenvalue weighted by molar-refractivity contribution is 5.03. The molecule has 0 radical (unpaired) electrons. The fourth-order valence-electron chi connectivity index (χ4n) is 2.19. The van der Waals surface area contributed by atoms with Crippen molar-refractivity contribution in [2.45, 2.75) is 43.8 Å². The molecule has 1 unspecified atom stereocenters. The van der Waals surface area contributed by atoms with Crippen LogP contribution in [0.5, 0.6) is 0 Å². The molecule has 52 valence electrons. The van der Waals surface area contributed by atoms with Crippen molar-refractivity contribution in [3.05, 3.63) is 0 Å². The van der Waals surface area contributed by atoms with Gasteiger partial charge in [0, 0.05) is 5.54 Å². The quantitative estimate of drug-likeness (QED) is 0.498. The molecule has 1 aliphatic heterocycles. The molecule has 0 bridgehead atoms. The van der Waals surface area contributed by atoms with Crippen LogP contribution in [0.25, 0.3) is 0 Å². The van der Waals surface area contributed by atoms with E-state index in [0.29, 0.717) is 11.7 Å². The lowest BCUT2D eigenvalue weighted by Crippen LogP contribution is -2.65. The molecule has 9 heavy (non-hydrogen) atoms. The molecular formula is C7H14N2. The number of rotatable bonds is 0. The van der Waals surface area contributed by atoms with E-state index in [1.54, 1.807) is 0 Å². The van der Waals surface area contributed by atoms with E-state index in [2.05, 4.69) is 5.32 Å². The Hall–Kier alpha value is -0.0800. The molecule has 1 spiro atoms. The fourth-order valence-corrected chi connectivity index (χ4v) is 2.19. The molecule has 2 rings (SSSR count). The van der Waals surface area contributed by atoms with Crippen molar-refractivity contribution in [3.63, 3.8) is 0 Å². The third-order valence-corrected chi connectivity index (χ3v) is 2.66. The van der Waals surface area contributed by atoms with Crippen molar-refractivity contribution in [2.75, 3.05) is 0 Å². The molecule has 1 saturated heterocycles. The molecule has 1 atom stereocenters. The third-order valence-electron chi connectivity index (χ3n) is 2.66. The predicted octanol–water partition coefficient (Wildman–Crippen LogP) is 0.577. The molecule has 1 aliphatic carbocycles. The summed E-state index contributed by atoms with van der Waals surface area (Å²) in [4.78, 5) is 0. The lowest BCUT2D eigenvalue weighted by atomic mass is 9.84. The highest BCUT2D eigenvalue weighted by Gasteiger charge is 2.43. The van der Waals surface area contributed by atoms with Crippen molar-refractivity contribution < 1.29 is 0 Å². The Morgan fingerprint density at radius 3 is 2.33 bits per heavy atom. The van der Waals surface area contributed by atoms with Crippen molar-refractivity contribution >= 4 is 0 Å². The van der Waals surface area contributed by atoms with E-state index in [1.807, 2.05) is 0 Å². The van der Waals surface area contributed by atoms with Gasteiger partial charge in [0.05, 0.1) is 6.17 Å². The minimum Gasteiger partial charge on any atom is -0.316 e. The Balaban J connectivity index is 1.95. The van der Waals surface area contributed by atoms with E-state index in [0.717, 1.165) is 0 Å². The summed E-state index contributed by atoms with van der Waals surface area (Å²) in [5.74, 6) is 0. The molecule has 2 heteroatoms. The van der Waals surface area contributed by atoms with Gasteiger partial charge >= 0.3 is 0 Å². The van der Waals surface area contributed by atoms with Gasteiger partial charge in [-0.25, -0.2) is 0 Å². The van der Waals surface area contributed by atoms with Crippen LogP contribution >= 0.6 is 0 Å². The van der Waals surface area contributed by atoms with Crippen molar-refractivity contribution in [1.29, 1.82) is 0 Å². The SMILES string of the molecule is NC1CC2(CCCC2)N1. The number of hydrogen-bond acceptors (Lipinski definition) is 2. The molecule has 1 saturated carbocycles. The fraction of sp³-hybridized carbons (Fsp3) is 1.00. The lowest BCUT2D eigenvalue weighted by molar-refractivity contribution is 0.145. The standard InChI is InChI=1S/C7H14N2/c8-6-5-7(9-6)3-1-2-4-7/h6,9H,1-5,8H2. The van der Waals surface area contributed by atoms with Gasteiger partial charge in [-0.05, 0) is 19.3 Å². The number of nitrogens with two attached hydrogens (primary N) is 1. The van der Waals surface area contributed by atoms with Gasteiger partial charge in [-0.15, -0.1) is 0 Å². The monoisotopic (exact) mass is 126 g/mol. The van der Waals surface area contributed by atoms with Crippen LogP contribution in [0.15, 0.2) is 0 Å². The first-order chi connectivity index (χ1) is 4.31. The zero-order valence-electron chi connectivity index (χ0n) is 5.69. The Morgan fingerprint density at radius 2 is 1.89 bits per heavy atom. The molecule has 3 N–H and O–H groups in total. The van der Waals surface area contributed by atoms with Gasteiger partial charge in [0.15, 0.2) is 0 Å². The Kier molecular flexibility index (Phi) is 1.08. The van der Waals surface area contributed by atoms with Crippen LogP contribution in [0.1, 0.15) is 32.1 Å². The van der Waals surface area contributed by atoms with E-state index < -0.39 is 0 Å². The minimum absolute atomic E-state index is 0.308. The van der Waals surface area contributed by atoms with Crippen molar-refractivity contribution in [2.24, 2.45) is 5.73 Å². The normalized spacial score (nSPS) is 39.0. The summed E-state index contributed by atoms with van der Waals surface area (Å²) in [6.07, 6.45) is 7.05. The van der Waals surface area contributed by atoms with Crippen LogP contribution in [0.4, 0.5) is 0 Å². The Morgan fingerprint density at radius 1 is 1.33 bits per heavy atom. The molecule has 2 nitrogen and oxygen atoms in total. The third kappa shape index (κ3) is 0.775. The van der Waals surface area contributed by atoms with Gasteiger partial charge in [0.25, 0.3) is 0 Å². The summed E-state index contributed by atoms with van der Waals surface area (Å²) in [7, 11) is 0. The lowest BCUT2D eigenvalue weighted by Gasteiger charge is -2.45. The Labute approximate surface area is 55.8 Å². The molecule has 0 aromatic rings. The van der Waals surface area contributed by atoms with E-state index in [-0.39, 0.29) is 0 Å². The highest BCUT2D eigenvalue weighted by Crippen LogP contribution is 2.38. The average molecular weight is 126 g/mol. The molecule has 0 aromatic heterocycles. The van der Waals surface area contributed by atoms with Crippen molar-refractivity contribution in [3.8, 4) is 0 Å². The first kappa shape index (κ1) is 5.69. The summed E-state index contributed by atoms with van der Waals surface area (Å²) in [5, 5.41) is 3.40. The number of hydrogen-bond donors (Lipinski definition) is 2. The Bertz CT molecular complexity index is 108. The molecule has 2 aliphatic rings. The first-order valence-corrected chi connectivity index (χ1v) is 3.84. The van der Waals surface area contributed by atoms with E-state index in [9.17, 15) is 0 Å². The maximum Gasteiger partial charge on any atom is 0.0568 e. The van der Waals surface area contributed by atoms with Crippen LogP contribution < -0.4 is 11.1 Å². The van der Waals surface area contributed by atoms with Crippen molar-refractivity contribution in [1.82, 2.24) is 5.32 Å². The second-order valence-electron chi connectivity index (χ2n) is 3.44. The van der Waals surface area contributed by atoms with Crippen LogP contribution in [-0.2, 0) is 0 Å². The topological polar surface area (TPSA) is 38.0 Å². The summed E-state index contributed by atoms with van der Waals surface area (Å²) >= 11 is 0. The second-order valence-corrected chi connectivity index (χ2v) is 3.44. The predicted molar refractivity (Wildman–Crippen MR) is 36.9 cm³/mol. The molecule has 2 fully saturated rings. The second kappa shape index (κ2) is 1.70. The molecule has 0 aromatic carbocycles. The minimum atomic E-state index is 0.308. The van der Waals surface area contributed by atoms with Gasteiger partial charge in [0.1, 0.15) is 0 Å². The molecule has 0 amide bonds. The van der Waals surface area contributed by atoms with Gasteiger partial charge in [0.2, 0.25) is 0 Å². The van der Waals surface area contributed by atoms with Crippen LogP contribution in [0.2, 0.25) is 0 Å². The maximum atomic E-state index is 5.62. The average Bonchev–Trinajstić information content (AvgIpc) is 2.12. The van der Waals surface area contributed by atoms with E-state index >= 15 is 0 Å². The van der Waals surface area contributed by atoms with Crippen LogP contribution in [0.3, 0.4) is 0 Å². The summed E-state index contributed by atoms with van der Waals surface area (Å²) < 4.78 is 0.